The van der Waals surface area contributed by atoms with E-state index in [9.17, 15) is 13.2 Å². The van der Waals surface area contributed by atoms with Gasteiger partial charge in [0.1, 0.15) is 5.56 Å². The molecule has 0 saturated heterocycles. The molecule has 0 radical (unpaired) electrons. The second kappa shape index (κ2) is 3.70. The lowest BCUT2D eigenvalue weighted by Crippen LogP contribution is -2.17. The Morgan fingerprint density at radius 2 is 2.13 bits per heavy atom. The highest BCUT2D eigenvalue weighted by Gasteiger charge is 2.38. The van der Waals surface area contributed by atoms with E-state index in [0.29, 0.717) is 0 Å². The van der Waals surface area contributed by atoms with Crippen molar-refractivity contribution in [2.45, 2.75) is 13.1 Å². The number of nitrogens with zero attached hydrogens (tertiary/aromatic N) is 3. The van der Waals surface area contributed by atoms with Gasteiger partial charge < -0.3 is 5.73 Å². The molecular formula is C8H8F3N4+. The summed E-state index contributed by atoms with van der Waals surface area (Å²) in [6.07, 6.45) is -3.60. The molecule has 0 fully saturated rings. The third kappa shape index (κ3) is 2.32. The van der Waals surface area contributed by atoms with Crippen LogP contribution in [0.25, 0.3) is 0 Å². The molecule has 0 aliphatic carbocycles. The van der Waals surface area contributed by atoms with Crippen molar-refractivity contribution in [2.75, 3.05) is 5.73 Å². The van der Waals surface area contributed by atoms with Gasteiger partial charge in [-0.1, -0.05) is 0 Å². The Kier molecular flexibility index (Phi) is 2.76. The molecule has 2 N–H and O–H groups in total. The number of nitrogen functional groups attached to an aromatic ring is 1. The minimum atomic E-state index is -4.58. The molecular weight excluding hydrogens is 209 g/mol. The van der Waals surface area contributed by atoms with E-state index in [0.717, 1.165) is 6.20 Å². The van der Waals surface area contributed by atoms with Gasteiger partial charge in [-0.25, -0.2) is 9.97 Å². The first-order valence-electron chi connectivity index (χ1n) is 3.86. The van der Waals surface area contributed by atoms with E-state index in [-0.39, 0.29) is 11.3 Å². The predicted molar refractivity (Wildman–Crippen MR) is 50.5 cm³/mol. The molecule has 1 aromatic rings. The van der Waals surface area contributed by atoms with E-state index >= 15 is 0 Å². The molecule has 0 bridgehead atoms. The highest BCUT2D eigenvalue weighted by Crippen LogP contribution is 2.30. The number of alkyl halides is 3. The zero-order valence-corrected chi connectivity index (χ0v) is 7.84. The average Bonchev–Trinajstić information content (AvgIpc) is 2.15. The molecule has 0 atom stereocenters. The van der Waals surface area contributed by atoms with E-state index in [1.807, 2.05) is 0 Å². The van der Waals surface area contributed by atoms with E-state index in [1.54, 1.807) is 0 Å². The lowest BCUT2D eigenvalue weighted by atomic mass is 10.1. The van der Waals surface area contributed by atoms with Gasteiger partial charge in [0.05, 0.1) is 0 Å². The minimum Gasteiger partial charge on any atom is -0.368 e. The second-order valence-corrected chi connectivity index (χ2v) is 2.73. The molecule has 0 aliphatic heterocycles. The van der Waals surface area contributed by atoms with E-state index in [1.165, 1.54) is 6.92 Å². The molecule has 1 aromatic heterocycles. The first-order valence-corrected chi connectivity index (χ1v) is 3.86. The van der Waals surface area contributed by atoms with Gasteiger partial charge in [-0.15, -0.1) is 4.67 Å². The second-order valence-electron chi connectivity index (χ2n) is 2.73. The maximum atomic E-state index is 12.5. The molecule has 0 aliphatic rings. The van der Waals surface area contributed by atoms with Crippen LogP contribution in [0.5, 0.6) is 0 Å². The Hall–Kier alpha value is -1.88. The van der Waals surface area contributed by atoms with Gasteiger partial charge >= 0.3 is 11.9 Å². The van der Waals surface area contributed by atoms with Crippen molar-refractivity contribution in [1.29, 1.82) is 0 Å². The molecule has 7 heteroatoms. The number of nitrogens with two attached hydrogens (primary N) is 1. The first-order chi connectivity index (χ1) is 6.86. The predicted octanol–water partition coefficient (Wildman–Crippen LogP) is 0.654. The van der Waals surface area contributed by atoms with Crippen LogP contribution in [-0.4, -0.2) is 22.4 Å². The number of hydrogen-bond acceptors (Lipinski definition) is 3. The Balaban J connectivity index is 3.47. The first kappa shape index (κ1) is 11.2. The van der Waals surface area contributed by atoms with Crippen LogP contribution in [0.2, 0.25) is 0 Å². The topological polar surface area (TPSA) is 65.9 Å². The Labute approximate surface area is 83.4 Å². The summed E-state index contributed by atoms with van der Waals surface area (Å²) < 4.78 is 40.9. The van der Waals surface area contributed by atoms with Crippen LogP contribution in [0.15, 0.2) is 6.20 Å². The highest BCUT2D eigenvalue weighted by molar-refractivity contribution is 5.99. The van der Waals surface area contributed by atoms with Crippen LogP contribution >= 0.6 is 0 Å². The molecule has 0 saturated carbocycles. The summed E-state index contributed by atoms with van der Waals surface area (Å²) >= 11 is 0. The van der Waals surface area contributed by atoms with Gasteiger partial charge in [-0.2, -0.15) is 13.2 Å². The van der Waals surface area contributed by atoms with Gasteiger partial charge in [-0.3, -0.25) is 0 Å². The molecule has 0 aromatic carbocycles. The van der Waals surface area contributed by atoms with Crippen molar-refractivity contribution >= 4 is 18.4 Å². The number of aromatic nitrogens is 2. The normalized spacial score (nSPS) is 10.9. The molecule has 0 unspecified atom stereocenters. The molecule has 1 rings (SSSR count). The van der Waals surface area contributed by atoms with Gasteiger partial charge in [0.25, 0.3) is 6.72 Å². The fraction of sp³-hybridized carbons (Fsp3) is 0.250. The Morgan fingerprint density at radius 1 is 1.53 bits per heavy atom. The molecule has 4 nitrogen and oxygen atoms in total. The van der Waals surface area contributed by atoms with Crippen molar-refractivity contribution in [3.63, 3.8) is 0 Å². The van der Waals surface area contributed by atoms with E-state index < -0.39 is 17.8 Å². The van der Waals surface area contributed by atoms with Gasteiger partial charge in [0.15, 0.2) is 5.69 Å². The summed E-state index contributed by atoms with van der Waals surface area (Å²) in [6, 6.07) is 0. The monoisotopic (exact) mass is 217 g/mol. The maximum Gasteiger partial charge on any atom is 0.434 e. The fourth-order valence-corrected chi connectivity index (χ4v) is 0.961. The Morgan fingerprint density at radius 3 is 2.60 bits per heavy atom. The molecule has 1 heterocycles. The summed E-state index contributed by atoms with van der Waals surface area (Å²) in [4.78, 5) is 6.63. The number of hydrogen-bond donors (Lipinski definition) is 1. The lowest BCUT2D eigenvalue weighted by Gasteiger charge is -2.07. The number of halogens is 3. The zero-order chi connectivity index (χ0) is 11.6. The zero-order valence-electron chi connectivity index (χ0n) is 7.84. The summed E-state index contributed by atoms with van der Waals surface area (Å²) in [6.45, 7) is 4.53. The van der Waals surface area contributed by atoms with Crippen molar-refractivity contribution < 1.29 is 13.2 Å². The van der Waals surface area contributed by atoms with E-state index in [2.05, 4.69) is 21.4 Å². The fourth-order valence-electron chi connectivity index (χ4n) is 0.961. The van der Waals surface area contributed by atoms with Crippen LogP contribution in [0.4, 0.5) is 19.1 Å². The molecule has 0 spiro atoms. The van der Waals surface area contributed by atoms with Crippen molar-refractivity contribution in [2.24, 2.45) is 0 Å². The molecule has 15 heavy (non-hydrogen) atoms. The van der Waals surface area contributed by atoms with Crippen LogP contribution in [-0.2, 0) is 6.18 Å². The van der Waals surface area contributed by atoms with Gasteiger partial charge in [-0.05, 0) is 0 Å². The number of anilines is 1. The van der Waals surface area contributed by atoms with Crippen LogP contribution in [0.3, 0.4) is 0 Å². The summed E-state index contributed by atoms with van der Waals surface area (Å²) in [5, 5.41) is 0. The van der Waals surface area contributed by atoms with Crippen LogP contribution < -0.4 is 10.4 Å². The minimum absolute atomic E-state index is 0.0994. The van der Waals surface area contributed by atoms with Crippen molar-refractivity contribution in [3.8, 4) is 0 Å². The van der Waals surface area contributed by atoms with Crippen molar-refractivity contribution in [3.05, 3.63) is 17.5 Å². The van der Waals surface area contributed by atoms with Gasteiger partial charge in [0, 0.05) is 13.1 Å². The largest absolute Gasteiger partial charge is 0.434 e. The van der Waals surface area contributed by atoms with Crippen molar-refractivity contribution in [1.82, 2.24) is 14.6 Å². The third-order valence-corrected chi connectivity index (χ3v) is 1.70. The summed E-state index contributed by atoms with van der Waals surface area (Å²) in [7, 11) is 0. The standard InChI is InChI=1S/C8H7F3N4/c1-4(13-2)5-3-14-7(12)15-6(5)8(9,10)11/h3,12H,2H2,1H3/p+1. The van der Waals surface area contributed by atoms with E-state index in [4.69, 9.17) is 5.73 Å². The maximum absolute atomic E-state index is 12.5. The SMILES string of the molecule is C=[N+]=C(C)c1cnc(N)nc1C(F)(F)F. The third-order valence-electron chi connectivity index (χ3n) is 1.70. The molecule has 80 valence electrons. The van der Waals surface area contributed by atoms with Crippen LogP contribution in [0.1, 0.15) is 18.2 Å². The van der Waals surface area contributed by atoms with Gasteiger partial charge in [0.2, 0.25) is 5.95 Å². The molecule has 0 amide bonds. The average molecular weight is 217 g/mol. The highest BCUT2D eigenvalue weighted by atomic mass is 19.4. The van der Waals surface area contributed by atoms with Crippen LogP contribution in [0, 0.1) is 0 Å². The summed E-state index contributed by atoms with van der Waals surface area (Å²) in [5.41, 5.74) is 3.87. The quantitative estimate of drug-likeness (QED) is 0.555. The number of rotatable bonds is 1. The Bertz CT molecular complexity index is 432. The lowest BCUT2D eigenvalue weighted by molar-refractivity contribution is -0.141. The summed E-state index contributed by atoms with van der Waals surface area (Å²) in [5.74, 6) is -0.428. The smallest absolute Gasteiger partial charge is 0.368 e.